The molecule has 13 heavy (non-hydrogen) atoms. The van der Waals surface area contributed by atoms with Crippen LogP contribution in [0, 0.1) is 0 Å². The van der Waals surface area contributed by atoms with Crippen LogP contribution >= 0.6 is 28.1 Å². The molecular weight excluding hydrogens is 265 g/mol. The molecule has 0 saturated carbocycles. The van der Waals surface area contributed by atoms with E-state index in [4.69, 9.17) is 0 Å². The molecule has 0 heterocycles. The third kappa shape index (κ3) is 2.77. The van der Waals surface area contributed by atoms with Gasteiger partial charge in [0, 0.05) is 4.47 Å². The lowest BCUT2D eigenvalue weighted by Gasteiger charge is -2.07. The maximum Gasteiger partial charge on any atom is 0.426 e. The first-order valence-electron chi connectivity index (χ1n) is 3.28. The molecule has 0 spiro atoms. The van der Waals surface area contributed by atoms with Gasteiger partial charge in [-0.15, -0.1) is 0 Å². The molecule has 0 bridgehead atoms. The van der Waals surface area contributed by atoms with Gasteiger partial charge < -0.3 is 0 Å². The quantitative estimate of drug-likeness (QED) is 0.553. The monoisotopic (exact) mass is 268 g/mol. The zero-order valence-corrected chi connectivity index (χ0v) is 8.63. The number of halogens is 4. The van der Waals surface area contributed by atoms with Gasteiger partial charge in [0.2, 0.25) is 0 Å². The lowest BCUT2D eigenvalue weighted by atomic mass is 10.1. The van der Waals surface area contributed by atoms with Crippen molar-refractivity contribution in [3.05, 3.63) is 34.3 Å². The van der Waals surface area contributed by atoms with Crippen LogP contribution in [0.25, 0.3) is 0 Å². The predicted octanol–water partition coefficient (Wildman–Crippen LogP) is 3.73. The number of alkyl halides is 3. The summed E-state index contributed by atoms with van der Waals surface area (Å²) in [6, 6.07) is 5.71. The van der Waals surface area contributed by atoms with E-state index in [9.17, 15) is 13.2 Å². The van der Waals surface area contributed by atoms with Crippen LogP contribution in [0.4, 0.5) is 13.2 Å². The standard InChI is InChI=1S/C8H4BrF3S/c9-6-3-1-5(2-4-6)7(13)8(10,11)12/h1-4H. The first kappa shape index (κ1) is 10.7. The zero-order valence-electron chi connectivity index (χ0n) is 6.23. The molecule has 0 radical (unpaired) electrons. The molecule has 5 heteroatoms. The van der Waals surface area contributed by atoms with Crippen molar-refractivity contribution in [3.63, 3.8) is 0 Å². The average molecular weight is 269 g/mol. The summed E-state index contributed by atoms with van der Waals surface area (Å²) < 4.78 is 37.0. The zero-order chi connectivity index (χ0) is 10.1. The Bertz CT molecular complexity index is 315. The lowest BCUT2D eigenvalue weighted by Crippen LogP contribution is -2.21. The molecule has 0 nitrogen and oxygen atoms in total. The maximum atomic E-state index is 12.1. The summed E-state index contributed by atoms with van der Waals surface area (Å²) in [7, 11) is 0. The average Bonchev–Trinajstić information content (AvgIpc) is 2.03. The van der Waals surface area contributed by atoms with Crippen LogP contribution in [0.3, 0.4) is 0 Å². The van der Waals surface area contributed by atoms with Crippen molar-refractivity contribution in [2.75, 3.05) is 0 Å². The summed E-state index contributed by atoms with van der Waals surface area (Å²) in [5, 5.41) is 0. The number of benzene rings is 1. The maximum absolute atomic E-state index is 12.1. The number of hydrogen-bond acceptors (Lipinski definition) is 1. The Hall–Kier alpha value is -0.420. The fourth-order valence-electron chi connectivity index (χ4n) is 0.765. The number of hydrogen-bond donors (Lipinski definition) is 0. The molecule has 0 aliphatic carbocycles. The van der Waals surface area contributed by atoms with Crippen LogP contribution < -0.4 is 0 Å². The molecule has 0 N–H and O–H groups in total. The number of rotatable bonds is 1. The Balaban J connectivity index is 2.97. The molecule has 70 valence electrons. The molecular formula is C8H4BrF3S. The highest BCUT2D eigenvalue weighted by Crippen LogP contribution is 2.23. The van der Waals surface area contributed by atoms with E-state index in [1.807, 2.05) is 0 Å². The van der Waals surface area contributed by atoms with E-state index in [1.54, 1.807) is 0 Å². The van der Waals surface area contributed by atoms with Crippen molar-refractivity contribution in [2.24, 2.45) is 0 Å². The second-order valence-electron chi connectivity index (χ2n) is 2.33. The first-order chi connectivity index (χ1) is 5.91. The highest BCUT2D eigenvalue weighted by atomic mass is 79.9. The Morgan fingerprint density at radius 2 is 1.62 bits per heavy atom. The van der Waals surface area contributed by atoms with E-state index in [1.165, 1.54) is 24.3 Å². The minimum atomic E-state index is -4.43. The molecule has 0 atom stereocenters. The Labute approximate surface area is 86.9 Å². The minimum Gasteiger partial charge on any atom is -0.165 e. The van der Waals surface area contributed by atoms with E-state index in [0.29, 0.717) is 0 Å². The highest BCUT2D eigenvalue weighted by Gasteiger charge is 2.34. The molecule has 0 aliphatic heterocycles. The van der Waals surface area contributed by atoms with E-state index < -0.39 is 11.0 Å². The van der Waals surface area contributed by atoms with Crippen LogP contribution in [-0.2, 0) is 0 Å². The summed E-state index contributed by atoms with van der Waals surface area (Å²) in [4.78, 5) is -0.986. The fourth-order valence-corrected chi connectivity index (χ4v) is 1.17. The van der Waals surface area contributed by atoms with Gasteiger partial charge >= 0.3 is 6.18 Å². The van der Waals surface area contributed by atoms with Crippen molar-refractivity contribution < 1.29 is 13.2 Å². The summed E-state index contributed by atoms with van der Waals surface area (Å²) >= 11 is 7.38. The molecule has 1 aromatic rings. The third-order valence-corrected chi connectivity index (χ3v) is 2.36. The molecule has 0 fully saturated rings. The van der Waals surface area contributed by atoms with Crippen LogP contribution in [0.15, 0.2) is 28.7 Å². The Morgan fingerprint density at radius 1 is 1.15 bits per heavy atom. The van der Waals surface area contributed by atoms with Crippen LogP contribution in [0.2, 0.25) is 0 Å². The van der Waals surface area contributed by atoms with Crippen molar-refractivity contribution in [3.8, 4) is 0 Å². The van der Waals surface area contributed by atoms with Crippen molar-refractivity contribution in [2.45, 2.75) is 6.18 Å². The minimum absolute atomic E-state index is 0.0192. The Morgan fingerprint density at radius 3 is 2.00 bits per heavy atom. The Kier molecular flexibility index (Phi) is 3.08. The molecule has 0 saturated heterocycles. The molecule has 0 aliphatic rings. The van der Waals surface area contributed by atoms with Gasteiger partial charge in [0.25, 0.3) is 0 Å². The van der Waals surface area contributed by atoms with Gasteiger partial charge in [-0.2, -0.15) is 13.2 Å². The summed E-state index contributed by atoms with van der Waals surface area (Å²) in [6.45, 7) is 0. The van der Waals surface area contributed by atoms with E-state index >= 15 is 0 Å². The van der Waals surface area contributed by atoms with Gasteiger partial charge in [-0.05, 0) is 17.7 Å². The van der Waals surface area contributed by atoms with E-state index in [-0.39, 0.29) is 5.56 Å². The third-order valence-electron chi connectivity index (χ3n) is 1.36. The SMILES string of the molecule is FC(F)(F)C(=S)c1ccc(Br)cc1. The fraction of sp³-hybridized carbons (Fsp3) is 0.125. The topological polar surface area (TPSA) is 0 Å². The molecule has 1 rings (SSSR count). The van der Waals surface area contributed by atoms with Gasteiger partial charge in [-0.3, -0.25) is 0 Å². The molecule has 0 aromatic heterocycles. The molecule has 0 unspecified atom stereocenters. The van der Waals surface area contributed by atoms with Gasteiger partial charge in [-0.1, -0.05) is 40.3 Å². The van der Waals surface area contributed by atoms with Crippen LogP contribution in [0.1, 0.15) is 5.56 Å². The van der Waals surface area contributed by atoms with Crippen LogP contribution in [-0.4, -0.2) is 11.0 Å². The van der Waals surface area contributed by atoms with E-state index in [0.717, 1.165) is 4.47 Å². The highest BCUT2D eigenvalue weighted by molar-refractivity contribution is 9.10. The summed E-state index contributed by atoms with van der Waals surface area (Å²) in [5.74, 6) is 0. The van der Waals surface area contributed by atoms with Crippen molar-refractivity contribution in [1.82, 2.24) is 0 Å². The molecule has 1 aromatic carbocycles. The number of thiocarbonyl (C=S) groups is 1. The van der Waals surface area contributed by atoms with E-state index in [2.05, 4.69) is 28.1 Å². The van der Waals surface area contributed by atoms with Gasteiger partial charge in [0.15, 0.2) is 0 Å². The largest absolute Gasteiger partial charge is 0.426 e. The summed E-state index contributed by atoms with van der Waals surface area (Å²) in [6.07, 6.45) is -4.43. The van der Waals surface area contributed by atoms with Crippen LogP contribution in [0.5, 0.6) is 0 Å². The van der Waals surface area contributed by atoms with Crippen molar-refractivity contribution >= 4 is 33.0 Å². The molecule has 0 amide bonds. The van der Waals surface area contributed by atoms with Gasteiger partial charge in [0.1, 0.15) is 4.86 Å². The second kappa shape index (κ2) is 3.75. The first-order valence-corrected chi connectivity index (χ1v) is 4.48. The normalized spacial score (nSPS) is 11.4. The van der Waals surface area contributed by atoms with Gasteiger partial charge in [0.05, 0.1) is 0 Å². The van der Waals surface area contributed by atoms with Crippen molar-refractivity contribution in [1.29, 1.82) is 0 Å². The smallest absolute Gasteiger partial charge is 0.165 e. The predicted molar refractivity (Wildman–Crippen MR) is 51.9 cm³/mol. The van der Waals surface area contributed by atoms with Gasteiger partial charge in [-0.25, -0.2) is 0 Å². The lowest BCUT2D eigenvalue weighted by molar-refractivity contribution is -0.0556. The summed E-state index contributed by atoms with van der Waals surface area (Å²) in [5.41, 5.74) is 0.0192. The second-order valence-corrected chi connectivity index (χ2v) is 3.66.